The quantitative estimate of drug-likeness (QED) is 0.608. The van der Waals surface area contributed by atoms with E-state index < -0.39 is 0 Å². The smallest absolute Gasteiger partial charge is 0.242 e. The first-order valence-corrected chi connectivity index (χ1v) is 5.06. The van der Waals surface area contributed by atoms with E-state index in [1.165, 1.54) is 16.6 Å². The average molecular weight is 189 g/mol. The molecule has 2 rings (SSSR count). The normalized spacial score (nSPS) is 11.5. The molecule has 0 fully saturated rings. The molecule has 0 radical (unpaired) electrons. The molecule has 2 aromatic rings. The van der Waals surface area contributed by atoms with Crippen LogP contribution in [0.4, 0.5) is 0 Å². The molecule has 0 spiro atoms. The molecular formula is C12H17N2+. The molecule has 2 nitrogen and oxygen atoms in total. The third kappa shape index (κ3) is 1.31. The summed E-state index contributed by atoms with van der Waals surface area (Å²) in [6, 6.07) is 2.17. The van der Waals surface area contributed by atoms with E-state index in [0.717, 1.165) is 0 Å². The lowest BCUT2D eigenvalue weighted by molar-refractivity contribution is -0.675. The van der Waals surface area contributed by atoms with Crippen molar-refractivity contribution >= 4 is 5.52 Å². The summed E-state index contributed by atoms with van der Waals surface area (Å²) in [6.45, 7) is 6.64. The highest BCUT2D eigenvalue weighted by molar-refractivity contribution is 5.60. The molecule has 0 saturated heterocycles. The van der Waals surface area contributed by atoms with E-state index in [0.29, 0.717) is 5.92 Å². The fourth-order valence-corrected chi connectivity index (χ4v) is 1.95. The van der Waals surface area contributed by atoms with Crippen LogP contribution >= 0.6 is 0 Å². The number of aromatic nitrogens is 2. The van der Waals surface area contributed by atoms with E-state index in [-0.39, 0.29) is 0 Å². The molecular weight excluding hydrogens is 172 g/mol. The topological polar surface area (TPSA) is 8.29 Å². The van der Waals surface area contributed by atoms with Crippen LogP contribution in [0.15, 0.2) is 24.8 Å². The highest BCUT2D eigenvalue weighted by atomic mass is 15.0. The molecule has 74 valence electrons. The van der Waals surface area contributed by atoms with Crippen LogP contribution in [-0.4, -0.2) is 4.40 Å². The predicted octanol–water partition coefficient (Wildman–Crippen LogP) is 2.20. The molecule has 2 aromatic heterocycles. The molecule has 0 aromatic carbocycles. The second-order valence-electron chi connectivity index (χ2n) is 4.27. The monoisotopic (exact) mass is 189 g/mol. The van der Waals surface area contributed by atoms with Crippen molar-refractivity contribution < 1.29 is 4.57 Å². The Morgan fingerprint density at radius 3 is 2.71 bits per heavy atom. The van der Waals surface area contributed by atoms with Gasteiger partial charge in [-0.25, -0.2) is 8.97 Å². The van der Waals surface area contributed by atoms with Crippen molar-refractivity contribution in [1.29, 1.82) is 0 Å². The number of nitrogens with zero attached hydrogens (tertiary/aromatic N) is 2. The lowest BCUT2D eigenvalue weighted by Gasteiger charge is -2.06. The summed E-state index contributed by atoms with van der Waals surface area (Å²) in [4.78, 5) is 0. The van der Waals surface area contributed by atoms with Crippen LogP contribution in [0.3, 0.4) is 0 Å². The lowest BCUT2D eigenvalue weighted by atomic mass is 10.0. The van der Waals surface area contributed by atoms with Gasteiger partial charge in [-0.15, -0.1) is 0 Å². The van der Waals surface area contributed by atoms with E-state index in [1.807, 2.05) is 0 Å². The van der Waals surface area contributed by atoms with E-state index in [2.05, 4.69) is 61.6 Å². The maximum absolute atomic E-state index is 2.24. The number of fused-ring (bicyclic) bond motifs is 1. The van der Waals surface area contributed by atoms with Gasteiger partial charge in [-0.05, 0) is 18.9 Å². The van der Waals surface area contributed by atoms with Crippen LogP contribution in [0, 0.1) is 6.92 Å². The minimum Gasteiger partial charge on any atom is -0.242 e. The second-order valence-corrected chi connectivity index (χ2v) is 4.27. The molecule has 0 aliphatic rings. The highest BCUT2D eigenvalue weighted by Crippen LogP contribution is 2.22. The maximum Gasteiger partial charge on any atom is 0.248 e. The zero-order valence-electron chi connectivity index (χ0n) is 9.28. The fraction of sp³-hybridized carbons (Fsp3) is 0.417. The van der Waals surface area contributed by atoms with Gasteiger partial charge in [0.1, 0.15) is 5.52 Å². The highest BCUT2D eigenvalue weighted by Gasteiger charge is 2.14. The van der Waals surface area contributed by atoms with E-state index in [9.17, 15) is 0 Å². The Kier molecular flexibility index (Phi) is 2.06. The molecule has 0 aliphatic heterocycles. The van der Waals surface area contributed by atoms with Gasteiger partial charge in [-0.1, -0.05) is 13.8 Å². The molecule has 0 unspecified atom stereocenters. The van der Waals surface area contributed by atoms with Crippen LogP contribution < -0.4 is 4.57 Å². The Morgan fingerprint density at radius 1 is 1.36 bits per heavy atom. The molecule has 0 amide bonds. The van der Waals surface area contributed by atoms with Gasteiger partial charge in [0.25, 0.3) is 0 Å². The summed E-state index contributed by atoms with van der Waals surface area (Å²) < 4.78 is 4.31. The molecule has 2 heteroatoms. The van der Waals surface area contributed by atoms with Gasteiger partial charge in [0, 0.05) is 11.1 Å². The van der Waals surface area contributed by atoms with Crippen LogP contribution in [0.1, 0.15) is 30.9 Å². The van der Waals surface area contributed by atoms with Gasteiger partial charge in [-0.3, -0.25) is 0 Å². The Hall–Kier alpha value is -1.31. The van der Waals surface area contributed by atoms with Crippen LogP contribution in [-0.2, 0) is 7.05 Å². The number of hydrogen-bond donors (Lipinski definition) is 0. The molecule has 0 bridgehead atoms. The summed E-state index contributed by atoms with van der Waals surface area (Å²) in [6.07, 6.45) is 6.44. The summed E-state index contributed by atoms with van der Waals surface area (Å²) in [5.41, 5.74) is 4.13. The first kappa shape index (κ1) is 9.25. The zero-order valence-corrected chi connectivity index (χ0v) is 9.28. The predicted molar refractivity (Wildman–Crippen MR) is 57.4 cm³/mol. The van der Waals surface area contributed by atoms with Gasteiger partial charge in [-0.2, -0.15) is 0 Å². The van der Waals surface area contributed by atoms with E-state index in [1.54, 1.807) is 0 Å². The lowest BCUT2D eigenvalue weighted by Crippen LogP contribution is -2.29. The van der Waals surface area contributed by atoms with Gasteiger partial charge in [0.2, 0.25) is 6.33 Å². The van der Waals surface area contributed by atoms with Crippen LogP contribution in [0.2, 0.25) is 0 Å². The fourth-order valence-electron chi connectivity index (χ4n) is 1.95. The second kappa shape index (κ2) is 3.12. The molecule has 0 aliphatic carbocycles. The Labute approximate surface area is 84.8 Å². The SMILES string of the molecule is Cc1ccn2c[n+](C)cc(C(C)C)c12. The first-order valence-electron chi connectivity index (χ1n) is 5.06. The minimum atomic E-state index is 0.568. The number of aryl methyl sites for hydroxylation is 2. The van der Waals surface area contributed by atoms with Crippen molar-refractivity contribution in [2.75, 3.05) is 0 Å². The van der Waals surface area contributed by atoms with Crippen molar-refractivity contribution in [3.05, 3.63) is 35.9 Å². The first-order chi connectivity index (χ1) is 6.59. The summed E-state index contributed by atoms with van der Waals surface area (Å²) in [5.74, 6) is 0.568. The molecule has 14 heavy (non-hydrogen) atoms. The minimum absolute atomic E-state index is 0.568. The standard InChI is InChI=1S/C12H17N2/c1-9(2)11-7-13(4)8-14-6-5-10(3)12(11)14/h5-9H,1-4H3/q+1. The van der Waals surface area contributed by atoms with Gasteiger partial charge in [0.05, 0.1) is 19.4 Å². The third-order valence-corrected chi connectivity index (χ3v) is 2.66. The Morgan fingerprint density at radius 2 is 2.07 bits per heavy atom. The third-order valence-electron chi connectivity index (χ3n) is 2.66. The molecule has 0 saturated carbocycles. The Bertz CT molecular complexity index is 466. The molecule has 2 heterocycles. The Balaban J connectivity index is 2.83. The summed E-state index contributed by atoms with van der Waals surface area (Å²) >= 11 is 0. The van der Waals surface area contributed by atoms with Crippen LogP contribution in [0.25, 0.3) is 5.52 Å². The summed E-state index contributed by atoms with van der Waals surface area (Å²) in [5, 5.41) is 0. The average Bonchev–Trinajstić information content (AvgIpc) is 2.46. The van der Waals surface area contributed by atoms with Crippen molar-refractivity contribution in [2.45, 2.75) is 26.7 Å². The number of hydrogen-bond acceptors (Lipinski definition) is 0. The maximum atomic E-state index is 2.24. The van der Waals surface area contributed by atoms with Crippen molar-refractivity contribution in [1.82, 2.24) is 4.40 Å². The molecule has 0 N–H and O–H groups in total. The van der Waals surface area contributed by atoms with E-state index in [4.69, 9.17) is 0 Å². The molecule has 0 atom stereocenters. The van der Waals surface area contributed by atoms with Crippen molar-refractivity contribution in [3.8, 4) is 0 Å². The van der Waals surface area contributed by atoms with E-state index >= 15 is 0 Å². The van der Waals surface area contributed by atoms with Crippen LogP contribution in [0.5, 0.6) is 0 Å². The zero-order chi connectivity index (χ0) is 10.3. The largest absolute Gasteiger partial charge is 0.248 e. The summed E-state index contributed by atoms with van der Waals surface area (Å²) in [7, 11) is 2.07. The van der Waals surface area contributed by atoms with Crippen molar-refractivity contribution in [3.63, 3.8) is 0 Å². The van der Waals surface area contributed by atoms with Crippen molar-refractivity contribution in [2.24, 2.45) is 7.05 Å². The van der Waals surface area contributed by atoms with Gasteiger partial charge >= 0.3 is 0 Å². The van der Waals surface area contributed by atoms with Gasteiger partial charge < -0.3 is 0 Å². The number of rotatable bonds is 1. The van der Waals surface area contributed by atoms with Gasteiger partial charge in [0.15, 0.2) is 0 Å².